The van der Waals surface area contributed by atoms with Crippen LogP contribution in [-0.4, -0.2) is 33.5 Å². The molecule has 2 aromatic heterocycles. The summed E-state index contributed by atoms with van der Waals surface area (Å²) < 4.78 is 43.2. The first-order valence-electron chi connectivity index (χ1n) is 7.06. The number of nitrogens with zero attached hydrogens (tertiary/aromatic N) is 4. The molecule has 23 heavy (non-hydrogen) atoms. The van der Waals surface area contributed by atoms with E-state index in [2.05, 4.69) is 20.4 Å². The van der Waals surface area contributed by atoms with Crippen LogP contribution in [0.15, 0.2) is 15.3 Å². The van der Waals surface area contributed by atoms with E-state index in [1.165, 1.54) is 13.0 Å². The predicted molar refractivity (Wildman–Crippen MR) is 73.1 cm³/mol. The van der Waals surface area contributed by atoms with E-state index in [0.29, 0.717) is 24.8 Å². The maximum atomic E-state index is 12.7. The quantitative estimate of drug-likeness (QED) is 0.905. The van der Waals surface area contributed by atoms with Gasteiger partial charge in [0.15, 0.2) is 11.5 Å². The number of hydrogen-bond acceptors (Lipinski definition) is 6. The molecule has 1 atom stereocenters. The SMILES string of the molecule is Cc1cc(N2CCCC(c3n[nH]c(=O)o3)C2)nnc1C(F)(F)F. The third-order valence-corrected chi connectivity index (χ3v) is 3.79. The Kier molecular flexibility index (Phi) is 3.82. The summed E-state index contributed by atoms with van der Waals surface area (Å²) in [6.45, 7) is 2.45. The van der Waals surface area contributed by atoms with E-state index in [1.807, 2.05) is 4.90 Å². The molecule has 1 saturated heterocycles. The van der Waals surface area contributed by atoms with E-state index in [0.717, 1.165) is 12.8 Å². The number of rotatable bonds is 2. The van der Waals surface area contributed by atoms with Crippen LogP contribution in [0.25, 0.3) is 0 Å². The van der Waals surface area contributed by atoms with Crippen molar-refractivity contribution in [2.24, 2.45) is 0 Å². The van der Waals surface area contributed by atoms with Gasteiger partial charge in [-0.25, -0.2) is 9.89 Å². The second-order valence-corrected chi connectivity index (χ2v) is 5.47. The zero-order chi connectivity index (χ0) is 16.6. The zero-order valence-electron chi connectivity index (χ0n) is 12.2. The Labute approximate surface area is 128 Å². The number of H-pyrrole nitrogens is 1. The van der Waals surface area contributed by atoms with Gasteiger partial charge in [-0.3, -0.25) is 0 Å². The van der Waals surface area contributed by atoms with Crippen LogP contribution in [0.2, 0.25) is 0 Å². The fraction of sp³-hybridized carbons (Fsp3) is 0.538. The summed E-state index contributed by atoms with van der Waals surface area (Å²) in [5, 5.41) is 13.0. The van der Waals surface area contributed by atoms with E-state index in [4.69, 9.17) is 4.42 Å². The molecule has 1 aliphatic heterocycles. The normalized spacial score (nSPS) is 19.1. The Morgan fingerprint density at radius 1 is 1.39 bits per heavy atom. The van der Waals surface area contributed by atoms with Crippen molar-refractivity contribution in [3.8, 4) is 0 Å². The van der Waals surface area contributed by atoms with E-state index in [-0.39, 0.29) is 11.5 Å². The Hall–Kier alpha value is -2.39. The summed E-state index contributed by atoms with van der Waals surface area (Å²) in [5.41, 5.74) is -0.955. The molecule has 0 aromatic carbocycles. The van der Waals surface area contributed by atoms with Crippen molar-refractivity contribution in [3.63, 3.8) is 0 Å². The van der Waals surface area contributed by atoms with Crippen LogP contribution in [0, 0.1) is 6.92 Å². The minimum atomic E-state index is -4.52. The Morgan fingerprint density at radius 2 is 2.17 bits per heavy atom. The number of hydrogen-bond donors (Lipinski definition) is 1. The molecule has 3 rings (SSSR count). The third kappa shape index (κ3) is 3.20. The predicted octanol–water partition coefficient (Wildman–Crippen LogP) is 1.86. The highest BCUT2D eigenvalue weighted by atomic mass is 19.4. The fourth-order valence-electron chi connectivity index (χ4n) is 2.71. The topological polar surface area (TPSA) is 87.9 Å². The molecule has 0 amide bonds. The fourth-order valence-corrected chi connectivity index (χ4v) is 2.71. The minimum Gasteiger partial charge on any atom is -0.392 e. The number of piperidine rings is 1. The molecule has 3 heterocycles. The maximum absolute atomic E-state index is 12.7. The van der Waals surface area contributed by atoms with Gasteiger partial charge in [0.1, 0.15) is 0 Å². The van der Waals surface area contributed by atoms with Crippen LogP contribution < -0.4 is 10.7 Å². The van der Waals surface area contributed by atoms with Crippen molar-refractivity contribution < 1.29 is 17.6 Å². The highest BCUT2D eigenvalue weighted by Crippen LogP contribution is 2.32. The lowest BCUT2D eigenvalue weighted by Crippen LogP contribution is -2.35. The molecule has 124 valence electrons. The molecular formula is C13H14F3N5O2. The van der Waals surface area contributed by atoms with Crippen LogP contribution in [0.4, 0.5) is 19.0 Å². The molecule has 1 N–H and O–H groups in total. The van der Waals surface area contributed by atoms with Crippen molar-refractivity contribution in [2.45, 2.75) is 31.9 Å². The van der Waals surface area contributed by atoms with Gasteiger partial charge in [0.2, 0.25) is 5.89 Å². The average molecular weight is 329 g/mol. The molecular weight excluding hydrogens is 315 g/mol. The number of halogens is 3. The number of aromatic nitrogens is 4. The molecule has 7 nitrogen and oxygen atoms in total. The smallest absolute Gasteiger partial charge is 0.392 e. The highest BCUT2D eigenvalue weighted by molar-refractivity contribution is 5.42. The van der Waals surface area contributed by atoms with Crippen LogP contribution in [-0.2, 0) is 6.18 Å². The molecule has 10 heteroatoms. The highest BCUT2D eigenvalue weighted by Gasteiger charge is 2.35. The van der Waals surface area contributed by atoms with Crippen LogP contribution in [0.3, 0.4) is 0 Å². The molecule has 0 spiro atoms. The Balaban J connectivity index is 1.81. The van der Waals surface area contributed by atoms with Crippen LogP contribution in [0.1, 0.15) is 35.9 Å². The monoisotopic (exact) mass is 329 g/mol. The van der Waals surface area contributed by atoms with Crippen LogP contribution >= 0.6 is 0 Å². The van der Waals surface area contributed by atoms with Crippen molar-refractivity contribution in [2.75, 3.05) is 18.0 Å². The van der Waals surface area contributed by atoms with E-state index >= 15 is 0 Å². The summed E-state index contributed by atoms with van der Waals surface area (Å²) in [5.74, 6) is -0.0660. The van der Waals surface area contributed by atoms with Gasteiger partial charge in [-0.1, -0.05) is 0 Å². The van der Waals surface area contributed by atoms with Gasteiger partial charge < -0.3 is 9.32 Å². The first-order chi connectivity index (χ1) is 10.8. The standard InChI is InChI=1S/C13H14F3N5O2/c1-7-5-9(17-18-10(7)13(14,15)16)21-4-2-3-8(6-21)11-19-20-12(22)23-11/h5,8H,2-4,6H2,1H3,(H,20,22). The van der Waals surface area contributed by atoms with Crippen molar-refractivity contribution in [3.05, 3.63) is 33.8 Å². The van der Waals surface area contributed by atoms with E-state index < -0.39 is 17.6 Å². The minimum absolute atomic E-state index is 0.0240. The van der Waals surface area contributed by atoms with Gasteiger partial charge in [-0.2, -0.15) is 13.2 Å². The second-order valence-electron chi connectivity index (χ2n) is 5.47. The lowest BCUT2D eigenvalue weighted by Gasteiger charge is -2.31. The third-order valence-electron chi connectivity index (χ3n) is 3.79. The largest absolute Gasteiger partial charge is 0.435 e. The van der Waals surface area contributed by atoms with Crippen LogP contribution in [0.5, 0.6) is 0 Å². The number of alkyl halides is 3. The van der Waals surface area contributed by atoms with Gasteiger partial charge in [0.25, 0.3) is 0 Å². The molecule has 2 aromatic rings. The second kappa shape index (κ2) is 5.67. The molecule has 1 fully saturated rings. The molecule has 1 unspecified atom stereocenters. The number of aromatic amines is 1. The van der Waals surface area contributed by atoms with E-state index in [9.17, 15) is 18.0 Å². The molecule has 0 bridgehead atoms. The number of nitrogens with one attached hydrogen (secondary N) is 1. The summed E-state index contributed by atoms with van der Waals surface area (Å²) >= 11 is 0. The van der Waals surface area contributed by atoms with Crippen molar-refractivity contribution in [1.82, 2.24) is 20.4 Å². The summed E-state index contributed by atoms with van der Waals surface area (Å²) in [7, 11) is 0. The Bertz CT molecular complexity index is 755. The molecule has 1 aliphatic rings. The number of aryl methyl sites for hydroxylation is 1. The summed E-state index contributed by atoms with van der Waals surface area (Å²) in [4.78, 5) is 12.9. The summed E-state index contributed by atoms with van der Waals surface area (Å²) in [6.07, 6.45) is -2.96. The molecule has 0 saturated carbocycles. The first kappa shape index (κ1) is 15.5. The van der Waals surface area contributed by atoms with Gasteiger partial charge in [0.05, 0.1) is 5.92 Å². The first-order valence-corrected chi connectivity index (χ1v) is 7.06. The van der Waals surface area contributed by atoms with Gasteiger partial charge in [-0.05, 0) is 31.4 Å². The molecule has 0 radical (unpaired) electrons. The van der Waals surface area contributed by atoms with E-state index in [1.54, 1.807) is 0 Å². The van der Waals surface area contributed by atoms with Gasteiger partial charge in [-0.15, -0.1) is 15.3 Å². The van der Waals surface area contributed by atoms with Crippen molar-refractivity contribution in [1.29, 1.82) is 0 Å². The lowest BCUT2D eigenvalue weighted by atomic mass is 9.98. The van der Waals surface area contributed by atoms with Gasteiger partial charge in [0, 0.05) is 13.1 Å². The average Bonchev–Trinajstić information content (AvgIpc) is 2.92. The lowest BCUT2D eigenvalue weighted by molar-refractivity contribution is -0.142. The Morgan fingerprint density at radius 3 is 2.78 bits per heavy atom. The summed E-state index contributed by atoms with van der Waals surface area (Å²) in [6, 6.07) is 1.37. The van der Waals surface area contributed by atoms with Gasteiger partial charge >= 0.3 is 11.9 Å². The maximum Gasteiger partial charge on any atom is 0.435 e. The molecule has 0 aliphatic carbocycles. The zero-order valence-corrected chi connectivity index (χ0v) is 12.2. The van der Waals surface area contributed by atoms with Crippen molar-refractivity contribution >= 4 is 5.82 Å². The number of anilines is 1.